The van der Waals surface area contributed by atoms with Gasteiger partial charge in [-0.15, -0.1) is 0 Å². The number of allylic oxidation sites excluding steroid dienone is 4. The predicted molar refractivity (Wildman–Crippen MR) is 198 cm³/mol. The Kier molecular flexibility index (Phi) is 6.77. The van der Waals surface area contributed by atoms with Crippen LogP contribution < -0.4 is 0 Å². The van der Waals surface area contributed by atoms with E-state index in [4.69, 9.17) is 0 Å². The van der Waals surface area contributed by atoms with Gasteiger partial charge in [-0.3, -0.25) is 0 Å². The lowest BCUT2D eigenvalue weighted by atomic mass is 9.86. The van der Waals surface area contributed by atoms with E-state index < -0.39 is 10.0 Å². The summed E-state index contributed by atoms with van der Waals surface area (Å²) in [7, 11) is -1.28. The average Bonchev–Trinajstić information content (AvgIpc) is 3.61. The number of fused-ring (bicyclic) bond motifs is 4. The average molecular weight is 605 g/mol. The van der Waals surface area contributed by atoms with E-state index in [-0.39, 0.29) is 0 Å². The van der Waals surface area contributed by atoms with Crippen molar-refractivity contribution < 1.29 is 0 Å². The summed E-state index contributed by atoms with van der Waals surface area (Å²) >= 11 is 0. The maximum atomic E-state index is 2.68. The van der Waals surface area contributed by atoms with Gasteiger partial charge in [-0.05, 0) is 145 Å². The highest BCUT2D eigenvalue weighted by Gasteiger charge is 2.47. The molecule has 226 valence electrons. The van der Waals surface area contributed by atoms with Crippen molar-refractivity contribution in [2.45, 2.75) is 63.9 Å². The molecule has 0 bridgehead atoms. The highest BCUT2D eigenvalue weighted by molar-refractivity contribution is 8.34. The first-order chi connectivity index (χ1) is 21.7. The summed E-state index contributed by atoms with van der Waals surface area (Å²) < 4.78 is 0. The van der Waals surface area contributed by atoms with E-state index in [9.17, 15) is 0 Å². The number of aryl methyl sites for hydroxylation is 6. The Morgan fingerprint density at radius 2 is 0.867 bits per heavy atom. The molecule has 2 unspecified atom stereocenters. The lowest BCUT2D eigenvalue weighted by Gasteiger charge is -2.49. The summed E-state index contributed by atoms with van der Waals surface area (Å²) in [5.41, 5.74) is 23.7. The SMILES string of the molecule is Cc1cc(C)cc(C2=CC3=C(CCc4ccccc43)C2S(C)(C)C2C(c3cc(C)cc(C)c3)=CC3=C2CCc2ccccc23)c1. The van der Waals surface area contributed by atoms with E-state index in [2.05, 4.69) is 137 Å². The molecule has 4 aliphatic carbocycles. The molecule has 0 aliphatic heterocycles. The first-order valence-electron chi connectivity index (χ1n) is 16.6. The molecule has 4 aromatic rings. The minimum absolute atomic E-state index is 0.422. The van der Waals surface area contributed by atoms with Crippen LogP contribution in [0, 0.1) is 27.7 Å². The minimum atomic E-state index is -1.28. The zero-order valence-electron chi connectivity index (χ0n) is 27.6. The van der Waals surface area contributed by atoms with Crippen molar-refractivity contribution in [2.24, 2.45) is 0 Å². The van der Waals surface area contributed by atoms with Gasteiger partial charge in [0.1, 0.15) is 0 Å². The minimum Gasteiger partial charge on any atom is -0.226 e. The summed E-state index contributed by atoms with van der Waals surface area (Å²) in [6, 6.07) is 32.8. The van der Waals surface area contributed by atoms with Gasteiger partial charge in [-0.2, -0.15) is 0 Å². The Labute approximate surface area is 271 Å². The van der Waals surface area contributed by atoms with Gasteiger partial charge < -0.3 is 0 Å². The van der Waals surface area contributed by atoms with Crippen LogP contribution in [-0.4, -0.2) is 23.0 Å². The molecule has 0 spiro atoms. The fraction of sp³-hybridized carbons (Fsp3) is 0.273. The molecule has 0 aromatic heterocycles. The monoisotopic (exact) mass is 604 g/mol. The molecule has 0 heterocycles. The van der Waals surface area contributed by atoms with Crippen molar-refractivity contribution in [2.75, 3.05) is 12.5 Å². The van der Waals surface area contributed by atoms with Crippen LogP contribution in [0.1, 0.15) is 68.5 Å². The fourth-order valence-corrected chi connectivity index (χ4v) is 13.1. The molecule has 2 atom stereocenters. The van der Waals surface area contributed by atoms with Crippen LogP contribution in [0.4, 0.5) is 0 Å². The third kappa shape index (κ3) is 4.66. The van der Waals surface area contributed by atoms with Gasteiger partial charge in [0, 0.05) is 10.5 Å². The smallest absolute Gasteiger partial charge is 0.0370 e. The summed E-state index contributed by atoms with van der Waals surface area (Å²) in [6.45, 7) is 9.04. The first-order valence-corrected chi connectivity index (χ1v) is 19.2. The van der Waals surface area contributed by atoms with Crippen molar-refractivity contribution in [1.82, 2.24) is 0 Å². The number of hydrogen-bond donors (Lipinski definition) is 0. The molecule has 0 fully saturated rings. The lowest BCUT2D eigenvalue weighted by Crippen LogP contribution is -2.31. The van der Waals surface area contributed by atoms with Crippen molar-refractivity contribution in [3.63, 3.8) is 0 Å². The molecule has 4 aromatic carbocycles. The maximum Gasteiger partial charge on any atom is 0.0370 e. The summed E-state index contributed by atoms with van der Waals surface area (Å²) in [6.07, 6.45) is 15.2. The Morgan fingerprint density at radius 1 is 0.489 bits per heavy atom. The molecule has 45 heavy (non-hydrogen) atoms. The molecule has 0 nitrogen and oxygen atoms in total. The number of hydrogen-bond acceptors (Lipinski definition) is 0. The van der Waals surface area contributed by atoms with Gasteiger partial charge in [-0.1, -0.05) is 107 Å². The highest BCUT2D eigenvalue weighted by Crippen LogP contribution is 2.68. The molecule has 0 N–H and O–H groups in total. The van der Waals surface area contributed by atoms with E-state index in [1.165, 1.54) is 66.8 Å². The molecular weight excluding hydrogens is 561 g/mol. The van der Waals surface area contributed by atoms with Gasteiger partial charge >= 0.3 is 0 Å². The quantitative estimate of drug-likeness (QED) is 0.217. The standard InChI is InChI=1S/C44H44S/c1-27-19-28(2)22-33(21-27)39-25-41-35-13-9-7-11-31(35)15-17-37(41)43(39)45(5,6)44-38-18-16-32-12-8-10-14-36(32)42(38)26-40(44)34-23-29(3)20-30(4)24-34/h7-14,19-26,43-44H,15-18H2,1-6H3. The van der Waals surface area contributed by atoms with Crippen LogP contribution in [-0.2, 0) is 12.8 Å². The van der Waals surface area contributed by atoms with E-state index in [0.29, 0.717) is 10.5 Å². The summed E-state index contributed by atoms with van der Waals surface area (Å²) in [5.74, 6) is 0. The van der Waals surface area contributed by atoms with Crippen molar-refractivity contribution in [3.8, 4) is 0 Å². The largest absolute Gasteiger partial charge is 0.226 e. The van der Waals surface area contributed by atoms with E-state index in [1.807, 2.05) is 0 Å². The third-order valence-corrected chi connectivity index (χ3v) is 14.3. The van der Waals surface area contributed by atoms with Crippen LogP contribution in [0.25, 0.3) is 22.3 Å². The molecule has 0 saturated heterocycles. The van der Waals surface area contributed by atoms with Gasteiger partial charge in [0.15, 0.2) is 0 Å². The number of rotatable bonds is 4. The van der Waals surface area contributed by atoms with Gasteiger partial charge in [-0.25, -0.2) is 10.0 Å². The van der Waals surface area contributed by atoms with Gasteiger partial charge in [0.25, 0.3) is 0 Å². The van der Waals surface area contributed by atoms with E-state index in [1.54, 1.807) is 22.3 Å². The molecule has 0 saturated carbocycles. The van der Waals surface area contributed by atoms with Crippen molar-refractivity contribution in [1.29, 1.82) is 0 Å². The summed E-state index contributed by atoms with van der Waals surface area (Å²) in [5, 5.41) is 0.843. The number of benzene rings is 4. The Bertz CT molecular complexity index is 1840. The van der Waals surface area contributed by atoms with Crippen LogP contribution in [0.15, 0.2) is 108 Å². The van der Waals surface area contributed by atoms with Crippen LogP contribution >= 0.6 is 10.0 Å². The highest BCUT2D eigenvalue weighted by atomic mass is 32.3. The van der Waals surface area contributed by atoms with Gasteiger partial charge in [0.05, 0.1) is 0 Å². The Morgan fingerprint density at radius 3 is 1.27 bits per heavy atom. The normalized spacial score (nSPS) is 20.8. The molecule has 4 aliphatic rings. The summed E-state index contributed by atoms with van der Waals surface area (Å²) in [4.78, 5) is 0. The Balaban J connectivity index is 1.36. The molecule has 1 heteroatoms. The molecule has 8 rings (SSSR count). The fourth-order valence-electron chi connectivity index (χ4n) is 9.16. The molecular formula is C44H44S. The van der Waals surface area contributed by atoms with E-state index in [0.717, 1.165) is 25.7 Å². The van der Waals surface area contributed by atoms with Crippen LogP contribution in [0.3, 0.4) is 0 Å². The third-order valence-electron chi connectivity index (χ3n) is 10.8. The second-order valence-electron chi connectivity index (χ2n) is 14.4. The molecule has 0 radical (unpaired) electrons. The maximum absolute atomic E-state index is 2.68. The zero-order chi connectivity index (χ0) is 31.0. The predicted octanol–water partition coefficient (Wildman–Crippen LogP) is 11.0. The molecule has 0 amide bonds. The topological polar surface area (TPSA) is 0 Å². The van der Waals surface area contributed by atoms with Crippen LogP contribution in [0.5, 0.6) is 0 Å². The van der Waals surface area contributed by atoms with Gasteiger partial charge in [0.2, 0.25) is 0 Å². The van der Waals surface area contributed by atoms with Crippen LogP contribution in [0.2, 0.25) is 0 Å². The first kappa shape index (κ1) is 28.6. The van der Waals surface area contributed by atoms with Crippen molar-refractivity contribution >= 4 is 32.3 Å². The second kappa shape index (κ2) is 10.6. The lowest BCUT2D eigenvalue weighted by molar-refractivity contribution is 0.893. The van der Waals surface area contributed by atoms with E-state index >= 15 is 0 Å². The second-order valence-corrected chi connectivity index (χ2v) is 18.3. The Hall–Kier alpha value is -3.81. The van der Waals surface area contributed by atoms with Crippen molar-refractivity contribution in [3.05, 3.63) is 164 Å². The zero-order valence-corrected chi connectivity index (χ0v) is 28.4.